The van der Waals surface area contributed by atoms with Crippen LogP contribution in [0.2, 0.25) is 0 Å². The van der Waals surface area contributed by atoms with Crippen LogP contribution in [0.1, 0.15) is 22.5 Å². The first-order valence-corrected chi connectivity index (χ1v) is 8.56. The summed E-state index contributed by atoms with van der Waals surface area (Å²) >= 11 is 0. The molecule has 0 saturated heterocycles. The maximum atomic E-state index is 12.6. The molecule has 0 fully saturated rings. The smallest absolute Gasteiger partial charge is 0.229 e. The molecule has 0 aliphatic carbocycles. The molecule has 1 aromatic heterocycles. The van der Waals surface area contributed by atoms with E-state index in [9.17, 15) is 4.79 Å². The molecule has 0 atom stereocenters. The first-order chi connectivity index (χ1) is 12.4. The van der Waals surface area contributed by atoms with E-state index >= 15 is 0 Å². The summed E-state index contributed by atoms with van der Waals surface area (Å²) in [6.07, 6.45) is 0.282. The number of carbonyl (C=O) groups excluding carboxylic acids is 1. The van der Waals surface area contributed by atoms with E-state index in [0.29, 0.717) is 11.4 Å². The van der Waals surface area contributed by atoms with E-state index in [1.807, 2.05) is 76.3 Å². The Morgan fingerprint density at radius 3 is 2.58 bits per heavy atom. The zero-order chi connectivity index (χ0) is 18.7. The molecule has 0 spiro atoms. The van der Waals surface area contributed by atoms with Crippen molar-refractivity contribution in [3.05, 3.63) is 71.0 Å². The van der Waals surface area contributed by atoms with E-state index in [1.165, 1.54) is 0 Å². The summed E-state index contributed by atoms with van der Waals surface area (Å²) in [5.41, 5.74) is 4.61. The molecule has 0 radical (unpaired) electrons. The van der Waals surface area contributed by atoms with Crippen molar-refractivity contribution >= 4 is 11.6 Å². The molecule has 0 unspecified atom stereocenters. The van der Waals surface area contributed by atoms with Crippen LogP contribution in [0.3, 0.4) is 0 Å². The van der Waals surface area contributed by atoms with Crippen LogP contribution in [-0.2, 0) is 18.3 Å². The second-order valence-corrected chi connectivity index (χ2v) is 6.41. The zero-order valence-electron chi connectivity index (χ0n) is 15.5. The van der Waals surface area contributed by atoms with Gasteiger partial charge in [0.2, 0.25) is 5.91 Å². The van der Waals surface area contributed by atoms with Crippen molar-refractivity contribution in [3.8, 4) is 11.5 Å². The molecule has 3 rings (SSSR count). The molecule has 1 N–H and O–H groups in total. The van der Waals surface area contributed by atoms with Gasteiger partial charge in [0.15, 0.2) is 5.75 Å². The number of hydrogen-bond donors (Lipinski definition) is 1. The van der Waals surface area contributed by atoms with Crippen molar-refractivity contribution in [1.29, 1.82) is 0 Å². The minimum absolute atomic E-state index is 0.0931. The van der Waals surface area contributed by atoms with E-state index in [2.05, 4.69) is 10.4 Å². The lowest BCUT2D eigenvalue weighted by atomic mass is 10.1. The Bertz CT molecular complexity index is 944. The molecular weight excluding hydrogens is 326 g/mol. The third-order valence-corrected chi connectivity index (χ3v) is 4.37. The fourth-order valence-electron chi connectivity index (χ4n) is 2.89. The fourth-order valence-corrected chi connectivity index (χ4v) is 2.89. The average molecular weight is 349 g/mol. The summed E-state index contributed by atoms with van der Waals surface area (Å²) in [6, 6.07) is 15.3. The highest BCUT2D eigenvalue weighted by molar-refractivity contribution is 5.94. The molecule has 0 bridgehead atoms. The summed E-state index contributed by atoms with van der Waals surface area (Å²) in [5.74, 6) is 1.27. The highest BCUT2D eigenvalue weighted by Gasteiger charge is 2.15. The zero-order valence-corrected chi connectivity index (χ0v) is 15.5. The number of para-hydroxylation sites is 2. The van der Waals surface area contributed by atoms with Crippen molar-refractivity contribution in [2.24, 2.45) is 7.05 Å². The lowest BCUT2D eigenvalue weighted by Crippen LogP contribution is -2.15. The molecule has 134 valence electrons. The fraction of sp³-hybridized carbons (Fsp3) is 0.238. The van der Waals surface area contributed by atoms with Crippen LogP contribution in [0.15, 0.2) is 48.5 Å². The van der Waals surface area contributed by atoms with Gasteiger partial charge in [-0.05, 0) is 50.6 Å². The summed E-state index contributed by atoms with van der Waals surface area (Å²) in [6.45, 7) is 5.90. The van der Waals surface area contributed by atoms with Gasteiger partial charge in [-0.25, -0.2) is 0 Å². The number of ether oxygens (including phenoxy) is 1. The maximum absolute atomic E-state index is 12.6. The predicted molar refractivity (Wildman–Crippen MR) is 103 cm³/mol. The van der Waals surface area contributed by atoms with Crippen molar-refractivity contribution in [2.75, 3.05) is 5.32 Å². The number of benzene rings is 2. The van der Waals surface area contributed by atoms with Gasteiger partial charge in [-0.3, -0.25) is 9.48 Å². The Hall–Kier alpha value is -3.08. The van der Waals surface area contributed by atoms with E-state index in [0.717, 1.165) is 28.3 Å². The predicted octanol–water partition coefficient (Wildman–Crippen LogP) is 4.32. The van der Waals surface area contributed by atoms with Gasteiger partial charge in [-0.15, -0.1) is 0 Å². The Kier molecular flexibility index (Phi) is 5.07. The lowest BCUT2D eigenvalue weighted by Gasteiger charge is -2.12. The van der Waals surface area contributed by atoms with Gasteiger partial charge in [-0.2, -0.15) is 5.10 Å². The molecule has 5 nitrogen and oxygen atoms in total. The number of rotatable bonds is 5. The van der Waals surface area contributed by atoms with Crippen molar-refractivity contribution < 1.29 is 9.53 Å². The number of aryl methyl sites for hydroxylation is 3. The minimum Gasteiger partial charge on any atom is -0.455 e. The highest BCUT2D eigenvalue weighted by Crippen LogP contribution is 2.29. The number of nitrogens with zero attached hydrogens (tertiary/aromatic N) is 2. The van der Waals surface area contributed by atoms with Crippen LogP contribution in [0, 0.1) is 20.8 Å². The summed E-state index contributed by atoms with van der Waals surface area (Å²) in [4.78, 5) is 12.6. The van der Waals surface area contributed by atoms with Crippen LogP contribution in [-0.4, -0.2) is 15.7 Å². The molecule has 0 aliphatic rings. The third-order valence-electron chi connectivity index (χ3n) is 4.37. The Morgan fingerprint density at radius 2 is 1.88 bits per heavy atom. The quantitative estimate of drug-likeness (QED) is 0.746. The molecule has 26 heavy (non-hydrogen) atoms. The van der Waals surface area contributed by atoms with E-state index < -0.39 is 0 Å². The molecule has 3 aromatic rings. The van der Waals surface area contributed by atoms with Crippen LogP contribution in [0.4, 0.5) is 5.69 Å². The van der Waals surface area contributed by atoms with Crippen LogP contribution in [0.5, 0.6) is 11.5 Å². The van der Waals surface area contributed by atoms with Gasteiger partial charge in [-0.1, -0.05) is 24.3 Å². The molecular formula is C21H23N3O2. The first kappa shape index (κ1) is 17.7. The van der Waals surface area contributed by atoms with Gasteiger partial charge in [0.1, 0.15) is 5.75 Å². The van der Waals surface area contributed by atoms with Crippen molar-refractivity contribution in [2.45, 2.75) is 27.2 Å². The lowest BCUT2D eigenvalue weighted by molar-refractivity contribution is -0.115. The normalized spacial score (nSPS) is 10.6. The Labute approximate surface area is 153 Å². The van der Waals surface area contributed by atoms with E-state index in [-0.39, 0.29) is 12.3 Å². The number of amides is 1. The second-order valence-electron chi connectivity index (χ2n) is 6.41. The van der Waals surface area contributed by atoms with Crippen LogP contribution >= 0.6 is 0 Å². The number of aromatic nitrogens is 2. The molecule has 5 heteroatoms. The molecule has 2 aromatic carbocycles. The van der Waals surface area contributed by atoms with Crippen molar-refractivity contribution in [1.82, 2.24) is 9.78 Å². The monoisotopic (exact) mass is 349 g/mol. The van der Waals surface area contributed by atoms with E-state index in [1.54, 1.807) is 4.68 Å². The van der Waals surface area contributed by atoms with Gasteiger partial charge in [0, 0.05) is 18.3 Å². The van der Waals surface area contributed by atoms with E-state index in [4.69, 9.17) is 4.74 Å². The Balaban J connectivity index is 1.76. The maximum Gasteiger partial charge on any atom is 0.229 e. The first-order valence-electron chi connectivity index (χ1n) is 8.56. The standard InChI is InChI=1S/C21H23N3O2/c1-14-8-7-9-17(12-14)26-20-11-6-5-10-19(20)22-21(25)13-18-15(2)23-24(4)16(18)3/h5-12H,13H2,1-4H3,(H,22,25). The topological polar surface area (TPSA) is 56.1 Å². The van der Waals surface area contributed by atoms with Gasteiger partial charge in [0.25, 0.3) is 0 Å². The second kappa shape index (κ2) is 7.44. The largest absolute Gasteiger partial charge is 0.455 e. The summed E-state index contributed by atoms with van der Waals surface area (Å²) in [7, 11) is 1.88. The highest BCUT2D eigenvalue weighted by atomic mass is 16.5. The van der Waals surface area contributed by atoms with Gasteiger partial charge < -0.3 is 10.1 Å². The van der Waals surface area contributed by atoms with Gasteiger partial charge in [0.05, 0.1) is 17.8 Å². The Morgan fingerprint density at radius 1 is 1.12 bits per heavy atom. The SMILES string of the molecule is Cc1cccc(Oc2ccccc2NC(=O)Cc2c(C)nn(C)c2C)c1. The van der Waals surface area contributed by atoms with Crippen LogP contribution < -0.4 is 10.1 Å². The number of hydrogen-bond acceptors (Lipinski definition) is 3. The molecule has 0 saturated carbocycles. The van der Waals surface area contributed by atoms with Gasteiger partial charge >= 0.3 is 0 Å². The number of nitrogens with one attached hydrogen (secondary N) is 1. The number of anilines is 1. The average Bonchev–Trinajstić information content (AvgIpc) is 2.83. The summed E-state index contributed by atoms with van der Waals surface area (Å²) < 4.78 is 7.76. The van der Waals surface area contributed by atoms with Crippen molar-refractivity contribution in [3.63, 3.8) is 0 Å². The summed E-state index contributed by atoms with van der Waals surface area (Å²) in [5, 5.41) is 7.32. The molecule has 0 aliphatic heterocycles. The third kappa shape index (κ3) is 3.94. The molecule has 1 amide bonds. The number of carbonyl (C=O) groups is 1. The van der Waals surface area contributed by atoms with Crippen LogP contribution in [0.25, 0.3) is 0 Å². The minimum atomic E-state index is -0.0931. The molecule has 1 heterocycles.